The van der Waals surface area contributed by atoms with Crippen LogP contribution < -0.4 is 10.6 Å². The fraction of sp³-hybridized carbons (Fsp3) is 0.684. The SMILES string of the molecule is NC1C2CCCC1CC(C(=O)N1CCN(c3ncc(Cl)cc3Cl)CC1)C2. The first-order valence-corrected chi connectivity index (χ1v) is 10.4. The monoisotopic (exact) mass is 396 g/mol. The second kappa shape index (κ2) is 7.53. The lowest BCUT2D eigenvalue weighted by Crippen LogP contribution is -2.54. The molecule has 0 radical (unpaired) electrons. The summed E-state index contributed by atoms with van der Waals surface area (Å²) in [5.41, 5.74) is 6.37. The van der Waals surface area contributed by atoms with E-state index in [4.69, 9.17) is 28.9 Å². The minimum absolute atomic E-state index is 0.161. The molecule has 5 nitrogen and oxygen atoms in total. The lowest BCUT2D eigenvalue weighted by Gasteiger charge is -2.45. The third-order valence-electron chi connectivity index (χ3n) is 6.44. The number of hydrogen-bond acceptors (Lipinski definition) is 4. The first-order valence-electron chi connectivity index (χ1n) is 9.63. The maximum absolute atomic E-state index is 13.1. The molecule has 142 valence electrons. The highest BCUT2D eigenvalue weighted by atomic mass is 35.5. The normalized spacial score (nSPS) is 31.8. The van der Waals surface area contributed by atoms with E-state index in [1.54, 1.807) is 12.3 Å². The molecular weight excluding hydrogens is 371 g/mol. The maximum atomic E-state index is 13.1. The van der Waals surface area contributed by atoms with Crippen molar-refractivity contribution in [3.63, 3.8) is 0 Å². The van der Waals surface area contributed by atoms with Gasteiger partial charge in [-0.15, -0.1) is 0 Å². The van der Waals surface area contributed by atoms with E-state index in [1.165, 1.54) is 19.3 Å². The molecule has 1 aromatic rings. The molecule has 3 fully saturated rings. The van der Waals surface area contributed by atoms with Crippen LogP contribution in [0.15, 0.2) is 12.3 Å². The Morgan fingerprint density at radius 2 is 1.77 bits per heavy atom. The summed E-state index contributed by atoms with van der Waals surface area (Å²) in [7, 11) is 0. The van der Waals surface area contributed by atoms with Gasteiger partial charge in [-0.25, -0.2) is 4.98 Å². The number of piperazine rings is 1. The minimum Gasteiger partial charge on any atom is -0.352 e. The number of rotatable bonds is 2. The first kappa shape index (κ1) is 18.3. The van der Waals surface area contributed by atoms with E-state index < -0.39 is 0 Å². The van der Waals surface area contributed by atoms with Crippen molar-refractivity contribution in [3.05, 3.63) is 22.3 Å². The molecule has 2 saturated carbocycles. The number of halogens is 2. The highest BCUT2D eigenvalue weighted by molar-refractivity contribution is 6.36. The molecule has 2 atom stereocenters. The topological polar surface area (TPSA) is 62.5 Å². The fourth-order valence-electron chi connectivity index (χ4n) is 5.03. The molecule has 3 aliphatic rings. The number of nitrogens with zero attached hydrogens (tertiary/aromatic N) is 3. The van der Waals surface area contributed by atoms with Crippen molar-refractivity contribution in [2.75, 3.05) is 31.1 Å². The van der Waals surface area contributed by atoms with Gasteiger partial charge >= 0.3 is 0 Å². The zero-order chi connectivity index (χ0) is 18.3. The van der Waals surface area contributed by atoms with Crippen LogP contribution in [0.2, 0.25) is 10.0 Å². The predicted octanol–water partition coefficient (Wildman–Crippen LogP) is 3.19. The average Bonchev–Trinajstić information content (AvgIpc) is 2.61. The lowest BCUT2D eigenvalue weighted by atomic mass is 9.65. The molecule has 1 amide bonds. The maximum Gasteiger partial charge on any atom is 0.225 e. The molecule has 2 unspecified atom stereocenters. The Labute approximate surface area is 164 Å². The van der Waals surface area contributed by atoms with Crippen molar-refractivity contribution in [2.24, 2.45) is 23.5 Å². The highest BCUT2D eigenvalue weighted by Crippen LogP contribution is 2.42. The number of fused-ring (bicyclic) bond motifs is 2. The van der Waals surface area contributed by atoms with Crippen LogP contribution in [0.1, 0.15) is 32.1 Å². The molecular formula is C19H26Cl2N4O. The van der Waals surface area contributed by atoms with Crippen molar-refractivity contribution < 1.29 is 4.79 Å². The van der Waals surface area contributed by atoms with Crippen molar-refractivity contribution in [3.8, 4) is 0 Å². The summed E-state index contributed by atoms with van der Waals surface area (Å²) in [6.45, 7) is 2.94. The number of hydrogen-bond donors (Lipinski definition) is 1. The zero-order valence-corrected chi connectivity index (χ0v) is 16.4. The zero-order valence-electron chi connectivity index (χ0n) is 14.9. The summed E-state index contributed by atoms with van der Waals surface area (Å²) in [5, 5.41) is 1.10. The van der Waals surface area contributed by atoms with Gasteiger partial charge in [-0.2, -0.15) is 0 Å². The van der Waals surface area contributed by atoms with E-state index in [2.05, 4.69) is 9.88 Å². The quantitative estimate of drug-likeness (QED) is 0.833. The van der Waals surface area contributed by atoms with Gasteiger partial charge in [0, 0.05) is 44.3 Å². The van der Waals surface area contributed by atoms with Gasteiger partial charge in [0.15, 0.2) is 0 Å². The highest BCUT2D eigenvalue weighted by Gasteiger charge is 2.42. The van der Waals surface area contributed by atoms with Crippen LogP contribution in [0.3, 0.4) is 0 Å². The summed E-state index contributed by atoms with van der Waals surface area (Å²) in [5.74, 6) is 2.31. The standard InChI is InChI=1S/C19H26Cl2N4O/c20-15-10-16(21)18(23-11-15)24-4-6-25(7-5-24)19(26)14-8-12-2-1-3-13(9-14)17(12)22/h10-14,17H,1-9,22H2. The molecule has 1 aromatic heterocycles. The van der Waals surface area contributed by atoms with E-state index in [1.807, 2.05) is 4.90 Å². The van der Waals surface area contributed by atoms with Gasteiger partial charge in [0.2, 0.25) is 5.91 Å². The van der Waals surface area contributed by atoms with Gasteiger partial charge in [0.25, 0.3) is 0 Å². The average molecular weight is 397 g/mol. The van der Waals surface area contributed by atoms with Gasteiger partial charge in [-0.3, -0.25) is 4.79 Å². The Kier molecular flexibility index (Phi) is 5.31. The molecule has 4 rings (SSSR count). The third-order valence-corrected chi connectivity index (χ3v) is 6.93. The molecule has 2 heterocycles. The van der Waals surface area contributed by atoms with Crippen LogP contribution in [0.25, 0.3) is 0 Å². The molecule has 1 aliphatic heterocycles. The molecule has 1 saturated heterocycles. The summed E-state index contributed by atoms with van der Waals surface area (Å²) in [4.78, 5) is 21.6. The Bertz CT molecular complexity index is 664. The molecule has 2 aliphatic carbocycles. The Morgan fingerprint density at radius 1 is 1.12 bits per heavy atom. The van der Waals surface area contributed by atoms with Gasteiger partial charge < -0.3 is 15.5 Å². The summed E-state index contributed by atoms with van der Waals surface area (Å²) < 4.78 is 0. The van der Waals surface area contributed by atoms with E-state index in [-0.39, 0.29) is 5.92 Å². The molecule has 0 spiro atoms. The van der Waals surface area contributed by atoms with Gasteiger partial charge in [0.1, 0.15) is 5.82 Å². The number of carbonyl (C=O) groups is 1. The van der Waals surface area contributed by atoms with E-state index in [0.717, 1.165) is 44.8 Å². The smallest absolute Gasteiger partial charge is 0.225 e. The number of nitrogens with two attached hydrogens (primary N) is 1. The van der Waals surface area contributed by atoms with Crippen molar-refractivity contribution in [1.29, 1.82) is 0 Å². The van der Waals surface area contributed by atoms with Crippen LogP contribution in [0, 0.1) is 17.8 Å². The van der Waals surface area contributed by atoms with Gasteiger partial charge in [0.05, 0.1) is 10.0 Å². The Balaban J connectivity index is 1.36. The van der Waals surface area contributed by atoms with E-state index in [9.17, 15) is 4.79 Å². The summed E-state index contributed by atoms with van der Waals surface area (Å²) >= 11 is 12.2. The van der Waals surface area contributed by atoms with Crippen LogP contribution in [0.5, 0.6) is 0 Å². The largest absolute Gasteiger partial charge is 0.352 e. The number of amides is 1. The van der Waals surface area contributed by atoms with Crippen molar-refractivity contribution >= 4 is 34.9 Å². The van der Waals surface area contributed by atoms with Gasteiger partial charge in [-0.1, -0.05) is 29.6 Å². The van der Waals surface area contributed by atoms with Crippen molar-refractivity contribution in [1.82, 2.24) is 9.88 Å². The second-order valence-corrected chi connectivity index (χ2v) is 8.81. The van der Waals surface area contributed by atoms with Crippen LogP contribution in [-0.4, -0.2) is 48.0 Å². The van der Waals surface area contributed by atoms with Gasteiger partial charge in [-0.05, 0) is 43.6 Å². The molecule has 0 aromatic carbocycles. The number of anilines is 1. The van der Waals surface area contributed by atoms with E-state index >= 15 is 0 Å². The molecule has 26 heavy (non-hydrogen) atoms. The first-order chi connectivity index (χ1) is 12.5. The van der Waals surface area contributed by atoms with E-state index in [0.29, 0.717) is 33.8 Å². The number of aromatic nitrogens is 1. The molecule has 2 N–H and O–H groups in total. The molecule has 7 heteroatoms. The Hall–Kier alpha value is -1.04. The predicted molar refractivity (Wildman–Crippen MR) is 105 cm³/mol. The lowest BCUT2D eigenvalue weighted by molar-refractivity contribution is -0.138. The third kappa shape index (κ3) is 3.54. The number of pyridine rings is 1. The van der Waals surface area contributed by atoms with Crippen LogP contribution in [0.4, 0.5) is 5.82 Å². The second-order valence-electron chi connectivity index (χ2n) is 7.97. The fourth-order valence-corrected chi connectivity index (χ4v) is 5.53. The number of carbonyl (C=O) groups excluding carboxylic acids is 1. The van der Waals surface area contributed by atoms with Crippen LogP contribution >= 0.6 is 23.2 Å². The Morgan fingerprint density at radius 3 is 2.38 bits per heavy atom. The van der Waals surface area contributed by atoms with Crippen molar-refractivity contribution in [2.45, 2.75) is 38.1 Å². The molecule has 2 bridgehead atoms. The van der Waals surface area contributed by atoms with Crippen LogP contribution in [-0.2, 0) is 4.79 Å². The summed E-state index contributed by atoms with van der Waals surface area (Å²) in [6, 6.07) is 2.02. The minimum atomic E-state index is 0.161. The summed E-state index contributed by atoms with van der Waals surface area (Å²) in [6.07, 6.45) is 7.22.